The molecule has 134 valence electrons. The minimum absolute atomic E-state index is 0.163. The van der Waals surface area contributed by atoms with Gasteiger partial charge >= 0.3 is 0 Å². The molecule has 1 atom stereocenters. The molecule has 1 saturated heterocycles. The average Bonchev–Trinajstić information content (AvgIpc) is 2.81. The third-order valence-electron chi connectivity index (χ3n) is 4.70. The van der Waals surface area contributed by atoms with Gasteiger partial charge < -0.3 is 4.90 Å². The molecular formula is C19H26N4OS. The Morgan fingerprint density at radius 3 is 2.44 bits per heavy atom. The highest BCUT2D eigenvalue weighted by atomic mass is 32.2. The summed E-state index contributed by atoms with van der Waals surface area (Å²) in [6, 6.07) is 8.19. The van der Waals surface area contributed by atoms with Crippen molar-refractivity contribution in [2.75, 3.05) is 13.1 Å². The third-order valence-corrected chi connectivity index (χ3v) is 5.73. The van der Waals surface area contributed by atoms with Crippen molar-refractivity contribution < 1.29 is 4.79 Å². The highest BCUT2D eigenvalue weighted by Gasteiger charge is 2.25. The zero-order valence-corrected chi connectivity index (χ0v) is 16.1. The molecule has 0 radical (unpaired) electrons. The maximum absolute atomic E-state index is 12.8. The zero-order chi connectivity index (χ0) is 17.8. The van der Waals surface area contributed by atoms with Crippen LogP contribution >= 0.6 is 11.8 Å². The highest BCUT2D eigenvalue weighted by molar-refractivity contribution is 8.00. The molecule has 1 aromatic heterocycles. The average molecular weight is 359 g/mol. The number of rotatable bonds is 4. The number of amides is 1. The Hall–Kier alpha value is -1.82. The molecule has 1 fully saturated rings. The summed E-state index contributed by atoms with van der Waals surface area (Å²) in [5.41, 5.74) is 2.24. The van der Waals surface area contributed by atoms with Gasteiger partial charge in [0, 0.05) is 13.1 Å². The number of para-hydroxylation sites is 1. The molecule has 0 aliphatic carbocycles. The van der Waals surface area contributed by atoms with Crippen LogP contribution in [0.4, 0.5) is 0 Å². The van der Waals surface area contributed by atoms with Crippen molar-refractivity contribution >= 4 is 17.7 Å². The predicted octanol–water partition coefficient (Wildman–Crippen LogP) is 3.77. The number of benzene rings is 1. The first-order valence-electron chi connectivity index (χ1n) is 9.01. The summed E-state index contributed by atoms with van der Waals surface area (Å²) in [4.78, 5) is 14.8. The molecule has 1 aliphatic rings. The van der Waals surface area contributed by atoms with Gasteiger partial charge in [0.25, 0.3) is 0 Å². The smallest absolute Gasteiger partial charge is 0.235 e. The molecule has 5 nitrogen and oxygen atoms in total. The summed E-state index contributed by atoms with van der Waals surface area (Å²) >= 11 is 1.50. The number of likely N-dealkylation sites (tertiary alicyclic amines) is 1. The maximum atomic E-state index is 12.8. The van der Waals surface area contributed by atoms with Crippen molar-refractivity contribution in [1.82, 2.24) is 19.7 Å². The second kappa shape index (κ2) is 8.04. The molecule has 0 bridgehead atoms. The molecule has 2 heterocycles. The van der Waals surface area contributed by atoms with E-state index in [1.54, 1.807) is 0 Å². The molecule has 0 saturated carbocycles. The number of thioether (sulfide) groups is 1. The van der Waals surface area contributed by atoms with Gasteiger partial charge in [-0.25, -0.2) is 0 Å². The number of aromatic nitrogens is 3. The fourth-order valence-electron chi connectivity index (χ4n) is 3.27. The zero-order valence-electron chi connectivity index (χ0n) is 15.2. The summed E-state index contributed by atoms with van der Waals surface area (Å²) in [7, 11) is 0. The van der Waals surface area contributed by atoms with Gasteiger partial charge in [-0.1, -0.05) is 42.8 Å². The van der Waals surface area contributed by atoms with Crippen LogP contribution in [-0.4, -0.2) is 43.9 Å². The molecule has 25 heavy (non-hydrogen) atoms. The molecule has 3 rings (SSSR count). The van der Waals surface area contributed by atoms with Crippen LogP contribution in [0.5, 0.6) is 0 Å². The van der Waals surface area contributed by atoms with Gasteiger partial charge in [0.15, 0.2) is 5.16 Å². The Morgan fingerprint density at radius 2 is 1.76 bits per heavy atom. The molecule has 0 N–H and O–H groups in total. The van der Waals surface area contributed by atoms with E-state index >= 15 is 0 Å². The van der Waals surface area contributed by atoms with Crippen LogP contribution in [0.25, 0.3) is 5.69 Å². The van der Waals surface area contributed by atoms with Crippen molar-refractivity contribution in [2.45, 2.75) is 56.9 Å². The van der Waals surface area contributed by atoms with Crippen LogP contribution in [0.1, 0.15) is 44.0 Å². The first kappa shape index (κ1) is 18.0. The van der Waals surface area contributed by atoms with Crippen molar-refractivity contribution in [3.05, 3.63) is 35.7 Å². The van der Waals surface area contributed by atoms with Crippen LogP contribution < -0.4 is 0 Å². The second-order valence-electron chi connectivity index (χ2n) is 6.65. The van der Waals surface area contributed by atoms with Crippen molar-refractivity contribution in [1.29, 1.82) is 0 Å². The largest absolute Gasteiger partial charge is 0.342 e. The lowest BCUT2D eigenvalue weighted by Crippen LogP contribution is -2.37. The van der Waals surface area contributed by atoms with E-state index in [1.807, 2.05) is 35.4 Å². The number of carbonyl (C=O) groups excluding carboxylic acids is 1. The van der Waals surface area contributed by atoms with Crippen molar-refractivity contribution in [2.24, 2.45) is 0 Å². The molecule has 2 aromatic rings. The number of carbonyl (C=O) groups is 1. The molecular weight excluding hydrogens is 332 g/mol. The minimum atomic E-state index is -0.163. The van der Waals surface area contributed by atoms with E-state index in [-0.39, 0.29) is 11.2 Å². The van der Waals surface area contributed by atoms with E-state index in [1.165, 1.54) is 30.2 Å². The lowest BCUT2D eigenvalue weighted by atomic mass is 10.2. The lowest BCUT2D eigenvalue weighted by Gasteiger charge is -2.23. The monoisotopic (exact) mass is 358 g/mol. The fraction of sp³-hybridized carbons (Fsp3) is 0.526. The molecule has 1 amide bonds. The fourth-order valence-corrected chi connectivity index (χ4v) is 4.26. The lowest BCUT2D eigenvalue weighted by molar-refractivity contribution is -0.130. The number of hydrogen-bond acceptors (Lipinski definition) is 4. The van der Waals surface area contributed by atoms with Gasteiger partial charge in [-0.05, 0) is 45.2 Å². The van der Waals surface area contributed by atoms with E-state index in [0.29, 0.717) is 0 Å². The number of hydrogen-bond donors (Lipinski definition) is 0. The SMILES string of the molecule is Cc1ccccc1-n1c(C)nnc1SC(C)C(=O)N1CCCCCC1. The van der Waals surface area contributed by atoms with E-state index in [9.17, 15) is 4.79 Å². The summed E-state index contributed by atoms with van der Waals surface area (Å²) in [6.45, 7) is 7.77. The first-order valence-corrected chi connectivity index (χ1v) is 9.89. The Kier molecular flexibility index (Phi) is 5.78. The summed E-state index contributed by atoms with van der Waals surface area (Å²) in [6.07, 6.45) is 4.68. The van der Waals surface area contributed by atoms with Gasteiger partial charge in [0.2, 0.25) is 5.91 Å². The number of aryl methyl sites for hydroxylation is 2. The van der Waals surface area contributed by atoms with Gasteiger partial charge in [0.05, 0.1) is 10.9 Å². The minimum Gasteiger partial charge on any atom is -0.342 e. The van der Waals surface area contributed by atoms with E-state index in [0.717, 1.165) is 42.6 Å². The Labute approximate surface area is 153 Å². The van der Waals surface area contributed by atoms with Gasteiger partial charge in [-0.2, -0.15) is 0 Å². The Morgan fingerprint density at radius 1 is 1.08 bits per heavy atom. The van der Waals surface area contributed by atoms with Crippen LogP contribution in [0.15, 0.2) is 29.4 Å². The van der Waals surface area contributed by atoms with Gasteiger partial charge in [-0.15, -0.1) is 10.2 Å². The highest BCUT2D eigenvalue weighted by Crippen LogP contribution is 2.28. The molecule has 1 aromatic carbocycles. The Balaban J connectivity index is 1.79. The van der Waals surface area contributed by atoms with Crippen LogP contribution in [-0.2, 0) is 4.79 Å². The van der Waals surface area contributed by atoms with Gasteiger partial charge in [-0.3, -0.25) is 9.36 Å². The van der Waals surface area contributed by atoms with Crippen LogP contribution in [0, 0.1) is 13.8 Å². The van der Waals surface area contributed by atoms with Crippen LogP contribution in [0.3, 0.4) is 0 Å². The van der Waals surface area contributed by atoms with Crippen molar-refractivity contribution in [3.63, 3.8) is 0 Å². The molecule has 1 unspecified atom stereocenters. The maximum Gasteiger partial charge on any atom is 0.235 e. The standard InChI is InChI=1S/C19H26N4OS/c1-14-10-6-7-11-17(14)23-16(3)20-21-19(23)25-15(2)18(24)22-12-8-4-5-9-13-22/h6-7,10-11,15H,4-5,8-9,12-13H2,1-3H3. The second-order valence-corrected chi connectivity index (χ2v) is 7.96. The van der Waals surface area contributed by atoms with Gasteiger partial charge in [0.1, 0.15) is 5.82 Å². The normalized spacial score (nSPS) is 16.5. The summed E-state index contributed by atoms with van der Waals surface area (Å²) in [5, 5.41) is 9.18. The Bertz CT molecular complexity index is 735. The third kappa shape index (κ3) is 4.06. The molecule has 6 heteroatoms. The van der Waals surface area contributed by atoms with E-state index < -0.39 is 0 Å². The van der Waals surface area contributed by atoms with E-state index in [4.69, 9.17) is 0 Å². The molecule has 1 aliphatic heterocycles. The van der Waals surface area contributed by atoms with E-state index in [2.05, 4.69) is 29.3 Å². The summed E-state index contributed by atoms with van der Waals surface area (Å²) in [5.74, 6) is 1.05. The van der Waals surface area contributed by atoms with Crippen LogP contribution in [0.2, 0.25) is 0 Å². The topological polar surface area (TPSA) is 51.0 Å². The quantitative estimate of drug-likeness (QED) is 0.781. The number of nitrogens with zero attached hydrogens (tertiary/aromatic N) is 4. The first-order chi connectivity index (χ1) is 12.1. The summed E-state index contributed by atoms with van der Waals surface area (Å²) < 4.78 is 2.05. The molecule has 0 spiro atoms. The predicted molar refractivity (Wildman–Crippen MR) is 101 cm³/mol. The van der Waals surface area contributed by atoms with Crippen molar-refractivity contribution in [3.8, 4) is 5.69 Å².